The molecule has 7 heteroatoms. The molecule has 2 aromatic rings. The first-order valence-corrected chi connectivity index (χ1v) is 5.30. The van der Waals surface area contributed by atoms with Crippen molar-refractivity contribution >= 4 is 5.65 Å². The summed E-state index contributed by atoms with van der Waals surface area (Å²) in [4.78, 5) is 4.06. The van der Waals surface area contributed by atoms with Gasteiger partial charge in [-0.1, -0.05) is 0 Å². The van der Waals surface area contributed by atoms with Gasteiger partial charge in [0.15, 0.2) is 0 Å². The second-order valence-electron chi connectivity index (χ2n) is 3.92. The third kappa shape index (κ3) is 2.46. The maximum absolute atomic E-state index is 12.5. The van der Waals surface area contributed by atoms with Gasteiger partial charge in [-0.3, -0.25) is 0 Å². The molecule has 0 fully saturated rings. The fraction of sp³-hybridized carbons (Fsp3) is 0.364. The summed E-state index contributed by atoms with van der Waals surface area (Å²) in [6.07, 6.45) is -2.88. The highest BCUT2D eigenvalue weighted by Gasteiger charge is 2.30. The number of fused-ring (bicyclic) bond motifs is 1. The molecule has 0 saturated heterocycles. The maximum atomic E-state index is 12.5. The second-order valence-corrected chi connectivity index (χ2v) is 3.92. The predicted molar refractivity (Wildman–Crippen MR) is 59.1 cm³/mol. The van der Waals surface area contributed by atoms with E-state index in [1.807, 2.05) is 0 Å². The average Bonchev–Trinajstić information content (AvgIpc) is 2.70. The molecular formula is C11H12F3N3O. The zero-order chi connectivity index (χ0) is 13.3. The summed E-state index contributed by atoms with van der Waals surface area (Å²) < 4.78 is 38.8. The van der Waals surface area contributed by atoms with Crippen LogP contribution in [0.25, 0.3) is 5.65 Å². The van der Waals surface area contributed by atoms with Crippen LogP contribution in [0.2, 0.25) is 0 Å². The van der Waals surface area contributed by atoms with Gasteiger partial charge in [0.05, 0.1) is 11.3 Å². The number of hydrogen-bond donors (Lipinski definition) is 2. The molecule has 0 amide bonds. The Hall–Kier alpha value is -1.60. The molecule has 0 radical (unpaired) electrons. The van der Waals surface area contributed by atoms with Crippen molar-refractivity contribution in [3.8, 4) is 0 Å². The Morgan fingerprint density at radius 3 is 2.72 bits per heavy atom. The molecule has 0 saturated carbocycles. The number of pyridine rings is 1. The van der Waals surface area contributed by atoms with E-state index in [-0.39, 0.29) is 6.54 Å². The molecule has 0 aliphatic heterocycles. The number of aliphatic hydroxyl groups is 1. The number of halogens is 3. The maximum Gasteiger partial charge on any atom is 0.417 e. The number of nitrogens with one attached hydrogen (secondary N) is 1. The van der Waals surface area contributed by atoms with E-state index in [9.17, 15) is 18.3 Å². The van der Waals surface area contributed by atoms with Gasteiger partial charge in [-0.2, -0.15) is 13.2 Å². The summed E-state index contributed by atoms with van der Waals surface area (Å²) in [5, 5.41) is 12.5. The molecule has 1 atom stereocenters. The van der Waals surface area contributed by atoms with Crippen molar-refractivity contribution < 1.29 is 18.3 Å². The van der Waals surface area contributed by atoms with Crippen molar-refractivity contribution in [2.75, 3.05) is 13.6 Å². The van der Waals surface area contributed by atoms with Crippen LogP contribution in [0.3, 0.4) is 0 Å². The van der Waals surface area contributed by atoms with E-state index in [1.165, 1.54) is 16.7 Å². The Morgan fingerprint density at radius 1 is 1.39 bits per heavy atom. The molecule has 1 unspecified atom stereocenters. The first-order chi connectivity index (χ1) is 8.41. The molecule has 0 bridgehead atoms. The van der Waals surface area contributed by atoms with E-state index in [2.05, 4.69) is 10.3 Å². The number of likely N-dealkylation sites (N-methyl/N-ethyl adjacent to an activating group) is 1. The van der Waals surface area contributed by atoms with Gasteiger partial charge in [0.2, 0.25) is 0 Å². The third-order valence-electron chi connectivity index (χ3n) is 2.54. The summed E-state index contributed by atoms with van der Waals surface area (Å²) in [6.45, 7) is 0.288. The first-order valence-electron chi connectivity index (χ1n) is 5.30. The summed E-state index contributed by atoms with van der Waals surface area (Å²) in [5.74, 6) is 0. The summed E-state index contributed by atoms with van der Waals surface area (Å²) in [7, 11) is 1.67. The monoisotopic (exact) mass is 259 g/mol. The Balaban J connectivity index is 2.40. The van der Waals surface area contributed by atoms with Crippen LogP contribution in [-0.4, -0.2) is 28.1 Å². The molecule has 2 aromatic heterocycles. The fourth-order valence-electron chi connectivity index (χ4n) is 1.64. The predicted octanol–water partition coefficient (Wildman–Crippen LogP) is 1.61. The second kappa shape index (κ2) is 4.58. The SMILES string of the molecule is CNCC(O)c1cn2cc(C(F)(F)F)ccc2n1. The standard InChI is InChI=1S/C11H12F3N3O/c1-15-4-9(18)8-6-17-5-7(11(12,13)14)2-3-10(17)16-8/h2-3,5-6,9,15,18H,4H2,1H3. The van der Waals surface area contributed by atoms with Gasteiger partial charge in [-0.15, -0.1) is 0 Å². The highest BCUT2D eigenvalue weighted by atomic mass is 19.4. The van der Waals surface area contributed by atoms with Crippen LogP contribution in [0, 0.1) is 0 Å². The van der Waals surface area contributed by atoms with Crippen LogP contribution in [-0.2, 0) is 6.18 Å². The minimum Gasteiger partial charge on any atom is -0.385 e. The third-order valence-corrected chi connectivity index (χ3v) is 2.54. The lowest BCUT2D eigenvalue weighted by atomic mass is 10.3. The number of rotatable bonds is 3. The highest BCUT2D eigenvalue weighted by Crippen LogP contribution is 2.29. The molecule has 18 heavy (non-hydrogen) atoms. The normalized spacial score (nSPS) is 14.1. The Labute approximate surface area is 101 Å². The molecule has 2 heterocycles. The van der Waals surface area contributed by atoms with Crippen LogP contribution in [0.15, 0.2) is 24.5 Å². The number of nitrogens with zero attached hydrogens (tertiary/aromatic N) is 2. The van der Waals surface area contributed by atoms with Crippen molar-refractivity contribution in [2.24, 2.45) is 0 Å². The van der Waals surface area contributed by atoms with Gasteiger partial charge in [0, 0.05) is 18.9 Å². The minimum atomic E-state index is -4.39. The van der Waals surface area contributed by atoms with Crippen molar-refractivity contribution in [1.29, 1.82) is 0 Å². The summed E-state index contributed by atoms with van der Waals surface area (Å²) in [6, 6.07) is 2.25. The van der Waals surface area contributed by atoms with E-state index in [0.717, 1.165) is 12.3 Å². The van der Waals surface area contributed by atoms with E-state index in [1.54, 1.807) is 7.05 Å². The summed E-state index contributed by atoms with van der Waals surface area (Å²) >= 11 is 0. The zero-order valence-corrected chi connectivity index (χ0v) is 9.57. The summed E-state index contributed by atoms with van der Waals surface area (Å²) in [5.41, 5.74) is -0.0427. The largest absolute Gasteiger partial charge is 0.417 e. The Kier molecular flexibility index (Phi) is 3.27. The number of aliphatic hydroxyl groups excluding tert-OH is 1. The van der Waals surface area contributed by atoms with Gasteiger partial charge in [0.25, 0.3) is 0 Å². The zero-order valence-electron chi connectivity index (χ0n) is 9.57. The quantitative estimate of drug-likeness (QED) is 0.880. The Bertz CT molecular complexity index is 550. The molecule has 0 aliphatic carbocycles. The van der Waals surface area contributed by atoms with Crippen molar-refractivity contribution in [2.45, 2.75) is 12.3 Å². The number of aromatic nitrogens is 2. The molecule has 2 N–H and O–H groups in total. The van der Waals surface area contributed by atoms with E-state index < -0.39 is 17.8 Å². The van der Waals surface area contributed by atoms with E-state index in [4.69, 9.17) is 0 Å². The van der Waals surface area contributed by atoms with Crippen LogP contribution >= 0.6 is 0 Å². The van der Waals surface area contributed by atoms with Gasteiger partial charge in [-0.25, -0.2) is 4.98 Å². The van der Waals surface area contributed by atoms with Gasteiger partial charge >= 0.3 is 6.18 Å². The number of alkyl halides is 3. The fourth-order valence-corrected chi connectivity index (χ4v) is 1.64. The number of imidazole rings is 1. The molecule has 0 spiro atoms. The van der Waals surface area contributed by atoms with Crippen molar-refractivity contribution in [3.05, 3.63) is 35.8 Å². The lowest BCUT2D eigenvalue weighted by molar-refractivity contribution is -0.137. The van der Waals surface area contributed by atoms with Crippen molar-refractivity contribution in [1.82, 2.24) is 14.7 Å². The number of hydrogen-bond acceptors (Lipinski definition) is 3. The lowest BCUT2D eigenvalue weighted by Crippen LogP contribution is -2.16. The highest BCUT2D eigenvalue weighted by molar-refractivity contribution is 5.42. The average molecular weight is 259 g/mol. The molecule has 4 nitrogen and oxygen atoms in total. The molecule has 0 aliphatic rings. The molecule has 0 aromatic carbocycles. The van der Waals surface area contributed by atoms with E-state index >= 15 is 0 Å². The first kappa shape index (κ1) is 12.8. The lowest BCUT2D eigenvalue weighted by Gasteiger charge is -2.06. The minimum absolute atomic E-state index is 0.288. The topological polar surface area (TPSA) is 49.6 Å². The van der Waals surface area contributed by atoms with E-state index in [0.29, 0.717) is 11.3 Å². The van der Waals surface area contributed by atoms with Crippen LogP contribution in [0.5, 0.6) is 0 Å². The molecule has 98 valence electrons. The van der Waals surface area contributed by atoms with Gasteiger partial charge < -0.3 is 14.8 Å². The van der Waals surface area contributed by atoms with Crippen LogP contribution < -0.4 is 5.32 Å². The van der Waals surface area contributed by atoms with Crippen molar-refractivity contribution in [3.63, 3.8) is 0 Å². The molecular weight excluding hydrogens is 247 g/mol. The smallest absolute Gasteiger partial charge is 0.385 e. The Morgan fingerprint density at radius 2 is 2.11 bits per heavy atom. The van der Waals surface area contributed by atoms with Gasteiger partial charge in [0.1, 0.15) is 11.8 Å². The van der Waals surface area contributed by atoms with Crippen LogP contribution in [0.4, 0.5) is 13.2 Å². The van der Waals surface area contributed by atoms with Gasteiger partial charge in [-0.05, 0) is 19.2 Å². The van der Waals surface area contributed by atoms with Crippen LogP contribution in [0.1, 0.15) is 17.4 Å². The molecule has 2 rings (SSSR count).